The van der Waals surface area contributed by atoms with E-state index in [1.54, 1.807) is 0 Å². The molecule has 4 nitrogen and oxygen atoms in total. The van der Waals surface area contributed by atoms with Gasteiger partial charge < -0.3 is 9.80 Å². The molecule has 5 rings (SSSR count). The summed E-state index contributed by atoms with van der Waals surface area (Å²) in [5, 5.41) is 0. The van der Waals surface area contributed by atoms with Crippen LogP contribution in [0.25, 0.3) is 0 Å². The van der Waals surface area contributed by atoms with Crippen molar-refractivity contribution in [1.29, 1.82) is 0 Å². The predicted octanol–water partition coefficient (Wildman–Crippen LogP) is 1.42. The van der Waals surface area contributed by atoms with E-state index in [1.807, 2.05) is 0 Å². The van der Waals surface area contributed by atoms with E-state index in [-0.39, 0.29) is 0 Å². The summed E-state index contributed by atoms with van der Waals surface area (Å²) in [4.78, 5) is 19.8. The Morgan fingerprint density at radius 3 is 2.14 bits per heavy atom. The van der Waals surface area contributed by atoms with Crippen LogP contribution in [0.1, 0.15) is 38.5 Å². The lowest BCUT2D eigenvalue weighted by Gasteiger charge is -2.51. The quantitative estimate of drug-likeness (QED) is 0.787. The Hall–Kier alpha value is -0.610. The van der Waals surface area contributed by atoms with Gasteiger partial charge in [0.15, 0.2) is 0 Å². The molecule has 1 aliphatic carbocycles. The first-order valence-electron chi connectivity index (χ1n) is 9.04. The first kappa shape index (κ1) is 14.0. The first-order chi connectivity index (χ1) is 10.3. The molecule has 5 aliphatic rings. The van der Waals surface area contributed by atoms with Crippen molar-refractivity contribution < 1.29 is 4.79 Å². The van der Waals surface area contributed by atoms with Crippen LogP contribution in [0.2, 0.25) is 0 Å². The standard InChI is InChI=1S/C17H29N3O/c21-17(12-14-2-1-3-14)20-10-8-19(9-11-20)16-13-18-6-4-15(16)5-7-18/h14-16H,1-13H2/t16-/m1/s1. The number of piperazine rings is 1. The van der Waals surface area contributed by atoms with Crippen molar-refractivity contribution in [3.8, 4) is 0 Å². The maximum atomic E-state index is 12.3. The molecule has 2 bridgehead atoms. The lowest BCUT2D eigenvalue weighted by Crippen LogP contribution is -2.61. The fourth-order valence-corrected chi connectivity index (χ4v) is 4.72. The fourth-order valence-electron chi connectivity index (χ4n) is 4.72. The highest BCUT2D eigenvalue weighted by Gasteiger charge is 2.38. The molecule has 118 valence electrons. The summed E-state index contributed by atoms with van der Waals surface area (Å²) in [6.07, 6.45) is 7.51. The lowest BCUT2D eigenvalue weighted by atomic mass is 9.82. The molecule has 5 fully saturated rings. The molecule has 4 aliphatic heterocycles. The largest absolute Gasteiger partial charge is 0.340 e. The number of amides is 1. The molecule has 4 heterocycles. The summed E-state index contributed by atoms with van der Waals surface area (Å²) in [7, 11) is 0. The molecule has 0 aromatic rings. The van der Waals surface area contributed by atoms with E-state index in [2.05, 4.69) is 14.7 Å². The Morgan fingerprint density at radius 2 is 1.62 bits per heavy atom. The van der Waals surface area contributed by atoms with E-state index in [4.69, 9.17) is 0 Å². The zero-order valence-corrected chi connectivity index (χ0v) is 13.2. The molecule has 0 aromatic carbocycles. The van der Waals surface area contributed by atoms with Gasteiger partial charge in [-0.1, -0.05) is 6.42 Å². The SMILES string of the molecule is O=C(CC1CCC1)N1CCN([C@@H]2CN3CCC2CC3)CC1. The molecule has 1 saturated carbocycles. The van der Waals surface area contributed by atoms with Crippen LogP contribution in [0.15, 0.2) is 0 Å². The third kappa shape index (κ3) is 2.85. The minimum absolute atomic E-state index is 0.424. The third-order valence-corrected chi connectivity index (χ3v) is 6.45. The average Bonchev–Trinajstić information content (AvgIpc) is 2.52. The van der Waals surface area contributed by atoms with Crippen LogP contribution in [0.5, 0.6) is 0 Å². The Bertz CT molecular complexity index is 379. The van der Waals surface area contributed by atoms with Gasteiger partial charge in [0.2, 0.25) is 5.91 Å². The number of hydrogen-bond acceptors (Lipinski definition) is 3. The molecule has 0 radical (unpaired) electrons. The van der Waals surface area contributed by atoms with Gasteiger partial charge in [0.1, 0.15) is 0 Å². The van der Waals surface area contributed by atoms with Crippen molar-refractivity contribution in [3.05, 3.63) is 0 Å². The normalized spacial score (nSPS) is 37.5. The summed E-state index contributed by atoms with van der Waals surface area (Å²) < 4.78 is 0. The number of hydrogen-bond donors (Lipinski definition) is 0. The molecule has 0 spiro atoms. The first-order valence-corrected chi connectivity index (χ1v) is 9.04. The van der Waals surface area contributed by atoms with Crippen LogP contribution in [0, 0.1) is 11.8 Å². The van der Waals surface area contributed by atoms with E-state index in [1.165, 1.54) is 51.7 Å². The molecule has 4 heteroatoms. The van der Waals surface area contributed by atoms with Crippen LogP contribution < -0.4 is 0 Å². The van der Waals surface area contributed by atoms with Crippen LogP contribution in [-0.2, 0) is 4.79 Å². The van der Waals surface area contributed by atoms with Gasteiger partial charge in [-0.05, 0) is 50.6 Å². The number of carbonyl (C=O) groups excluding carboxylic acids is 1. The number of nitrogens with zero attached hydrogens (tertiary/aromatic N) is 3. The maximum Gasteiger partial charge on any atom is 0.222 e. The molecule has 1 amide bonds. The monoisotopic (exact) mass is 291 g/mol. The molecule has 1 atom stereocenters. The maximum absolute atomic E-state index is 12.3. The van der Waals surface area contributed by atoms with Gasteiger partial charge >= 0.3 is 0 Å². The average molecular weight is 291 g/mol. The van der Waals surface area contributed by atoms with E-state index in [0.717, 1.165) is 44.6 Å². The molecule has 21 heavy (non-hydrogen) atoms. The predicted molar refractivity (Wildman–Crippen MR) is 83.1 cm³/mol. The van der Waals surface area contributed by atoms with Crippen molar-refractivity contribution in [1.82, 2.24) is 14.7 Å². The molecular weight excluding hydrogens is 262 g/mol. The van der Waals surface area contributed by atoms with Gasteiger partial charge in [-0.15, -0.1) is 0 Å². The smallest absolute Gasteiger partial charge is 0.222 e. The van der Waals surface area contributed by atoms with Crippen LogP contribution in [-0.4, -0.2) is 72.5 Å². The minimum Gasteiger partial charge on any atom is -0.340 e. The second-order valence-electron chi connectivity index (χ2n) is 7.62. The third-order valence-electron chi connectivity index (χ3n) is 6.45. The highest BCUT2D eigenvalue weighted by atomic mass is 16.2. The molecule has 0 aromatic heterocycles. The summed E-state index contributed by atoms with van der Waals surface area (Å²) in [6.45, 7) is 8.06. The number of rotatable bonds is 3. The van der Waals surface area contributed by atoms with Gasteiger partial charge in [0.05, 0.1) is 0 Å². The fraction of sp³-hybridized carbons (Fsp3) is 0.941. The Labute approximate surface area is 128 Å². The van der Waals surface area contributed by atoms with Crippen molar-refractivity contribution in [2.45, 2.75) is 44.6 Å². The van der Waals surface area contributed by atoms with Crippen LogP contribution in [0.3, 0.4) is 0 Å². The zero-order chi connectivity index (χ0) is 14.2. The van der Waals surface area contributed by atoms with Crippen molar-refractivity contribution >= 4 is 5.91 Å². The Balaban J connectivity index is 1.27. The zero-order valence-electron chi connectivity index (χ0n) is 13.2. The van der Waals surface area contributed by atoms with Gasteiger partial charge in [-0.25, -0.2) is 0 Å². The van der Waals surface area contributed by atoms with Gasteiger partial charge in [0, 0.05) is 45.2 Å². The second kappa shape index (κ2) is 5.88. The van der Waals surface area contributed by atoms with Crippen molar-refractivity contribution in [2.24, 2.45) is 11.8 Å². The van der Waals surface area contributed by atoms with Crippen LogP contribution >= 0.6 is 0 Å². The van der Waals surface area contributed by atoms with E-state index >= 15 is 0 Å². The van der Waals surface area contributed by atoms with E-state index < -0.39 is 0 Å². The number of carbonyl (C=O) groups is 1. The number of piperidine rings is 3. The van der Waals surface area contributed by atoms with Gasteiger partial charge in [0.25, 0.3) is 0 Å². The topological polar surface area (TPSA) is 26.8 Å². The summed E-state index contributed by atoms with van der Waals surface area (Å²) in [5.74, 6) is 2.05. The minimum atomic E-state index is 0.424. The van der Waals surface area contributed by atoms with Crippen molar-refractivity contribution in [3.63, 3.8) is 0 Å². The second-order valence-corrected chi connectivity index (χ2v) is 7.62. The molecular formula is C17H29N3O. The number of fused-ring (bicyclic) bond motifs is 3. The summed E-state index contributed by atoms with van der Waals surface area (Å²) >= 11 is 0. The highest BCUT2D eigenvalue weighted by molar-refractivity contribution is 5.76. The van der Waals surface area contributed by atoms with Gasteiger partial charge in [-0.3, -0.25) is 9.69 Å². The summed E-state index contributed by atoms with van der Waals surface area (Å²) in [6, 6.07) is 0.774. The Morgan fingerprint density at radius 1 is 0.905 bits per heavy atom. The molecule has 0 N–H and O–H groups in total. The molecule has 0 unspecified atom stereocenters. The van der Waals surface area contributed by atoms with Crippen molar-refractivity contribution in [2.75, 3.05) is 45.8 Å². The Kier molecular flexibility index (Phi) is 3.92. The van der Waals surface area contributed by atoms with E-state index in [0.29, 0.717) is 11.8 Å². The van der Waals surface area contributed by atoms with Crippen LogP contribution in [0.4, 0.5) is 0 Å². The highest BCUT2D eigenvalue weighted by Crippen LogP contribution is 2.32. The summed E-state index contributed by atoms with van der Waals surface area (Å²) in [5.41, 5.74) is 0. The molecule has 4 saturated heterocycles. The van der Waals surface area contributed by atoms with E-state index in [9.17, 15) is 4.79 Å². The lowest BCUT2D eigenvalue weighted by molar-refractivity contribution is -0.135. The van der Waals surface area contributed by atoms with Gasteiger partial charge in [-0.2, -0.15) is 0 Å².